The maximum absolute atomic E-state index is 14.5. The van der Waals surface area contributed by atoms with E-state index in [1.807, 2.05) is 42.5 Å². The fraction of sp³-hybridized carbons (Fsp3) is 0.381. The molecule has 2 unspecified atom stereocenters. The number of carbonyl (C=O) groups is 2. The molecule has 55 heavy (non-hydrogen) atoms. The first-order valence-electron chi connectivity index (χ1n) is 18.6. The van der Waals surface area contributed by atoms with E-state index in [0.29, 0.717) is 30.7 Å². The lowest BCUT2D eigenvalue weighted by atomic mass is 9.71. The number of rotatable bonds is 10. The molecule has 0 bridgehead atoms. The van der Waals surface area contributed by atoms with Crippen molar-refractivity contribution in [2.45, 2.75) is 88.6 Å². The molecule has 1 aromatic heterocycles. The lowest BCUT2D eigenvalue weighted by Gasteiger charge is -2.44. The van der Waals surface area contributed by atoms with Crippen LogP contribution in [-0.2, 0) is 64.0 Å². The van der Waals surface area contributed by atoms with E-state index in [9.17, 15) is 28.1 Å². The van der Waals surface area contributed by atoms with E-state index in [1.165, 1.54) is 22.8 Å². The highest BCUT2D eigenvalue weighted by Crippen LogP contribution is 2.51. The summed E-state index contributed by atoms with van der Waals surface area (Å²) >= 11 is 0. The van der Waals surface area contributed by atoms with Crippen LogP contribution in [0, 0.1) is 16.7 Å². The molecule has 1 saturated heterocycles. The molecule has 0 N–H and O–H groups in total. The van der Waals surface area contributed by atoms with Crippen LogP contribution in [0.1, 0.15) is 80.5 Å². The van der Waals surface area contributed by atoms with E-state index in [4.69, 9.17) is 19.2 Å². The topological polar surface area (TPSA) is 154 Å². The van der Waals surface area contributed by atoms with E-state index >= 15 is 0 Å². The number of carbonyl (C=O) groups excluding carboxylic acids is 2. The molecule has 3 atom stereocenters. The summed E-state index contributed by atoms with van der Waals surface area (Å²) in [7, 11) is -4.31. The highest BCUT2D eigenvalue weighted by Gasteiger charge is 2.52. The normalized spacial score (nSPS) is 20.9. The third-order valence-electron chi connectivity index (χ3n) is 11.5. The van der Waals surface area contributed by atoms with Crippen molar-refractivity contribution in [3.8, 4) is 17.2 Å². The number of sulfonamides is 1. The van der Waals surface area contributed by atoms with Gasteiger partial charge < -0.3 is 14.0 Å². The number of fused-ring (bicyclic) bond motifs is 3. The summed E-state index contributed by atoms with van der Waals surface area (Å²) in [6.07, 6.45) is 0.606. The van der Waals surface area contributed by atoms with Crippen molar-refractivity contribution in [3.05, 3.63) is 123 Å². The maximum atomic E-state index is 14.5. The monoisotopic (exact) mass is 765 g/mol. The highest BCUT2D eigenvalue weighted by molar-refractivity contribution is 7.89. The Kier molecular flexibility index (Phi) is 10.5. The summed E-state index contributed by atoms with van der Waals surface area (Å²) < 4.78 is 42.7. The molecule has 12 nitrogen and oxygen atoms in total. The van der Waals surface area contributed by atoms with Gasteiger partial charge in [-0.25, -0.2) is 23.0 Å². The lowest BCUT2D eigenvalue weighted by molar-refractivity contribution is -0.414. The number of aromatic nitrogens is 1. The van der Waals surface area contributed by atoms with Crippen molar-refractivity contribution >= 4 is 22.0 Å². The third-order valence-corrected chi connectivity index (χ3v) is 13.3. The molecule has 286 valence electrons. The van der Waals surface area contributed by atoms with Gasteiger partial charge in [0.1, 0.15) is 23.3 Å². The third kappa shape index (κ3) is 6.89. The van der Waals surface area contributed by atoms with Gasteiger partial charge in [-0.15, -0.1) is 0 Å². The Labute approximate surface area is 320 Å². The van der Waals surface area contributed by atoms with Crippen LogP contribution in [0.3, 0.4) is 0 Å². The first-order valence-corrected chi connectivity index (χ1v) is 20.0. The van der Waals surface area contributed by atoms with E-state index < -0.39 is 50.8 Å². The minimum Gasteiger partial charge on any atom is -0.463 e. The largest absolute Gasteiger partial charge is 0.463 e. The molecule has 0 radical (unpaired) electrons. The fourth-order valence-electron chi connectivity index (χ4n) is 8.11. The minimum atomic E-state index is -4.31. The van der Waals surface area contributed by atoms with E-state index in [-0.39, 0.29) is 42.0 Å². The summed E-state index contributed by atoms with van der Waals surface area (Å²) in [5.41, 5.74) is 1.07. The Balaban J connectivity index is 1.27. The number of benzene rings is 3. The van der Waals surface area contributed by atoms with Gasteiger partial charge in [-0.3, -0.25) is 9.59 Å². The molecule has 1 spiro atoms. The second kappa shape index (κ2) is 15.2. The van der Waals surface area contributed by atoms with Crippen molar-refractivity contribution in [2.75, 3.05) is 13.2 Å². The number of pyridine rings is 1. The zero-order valence-electron chi connectivity index (χ0n) is 31.0. The van der Waals surface area contributed by atoms with Crippen molar-refractivity contribution < 1.29 is 37.3 Å². The first kappa shape index (κ1) is 38.2. The van der Waals surface area contributed by atoms with Crippen LogP contribution < -0.4 is 5.56 Å². The number of ether oxygens (including phenoxy) is 2. The van der Waals surface area contributed by atoms with Gasteiger partial charge in [0.25, 0.3) is 5.56 Å². The minimum absolute atomic E-state index is 0.0278. The predicted octanol–water partition coefficient (Wildman–Crippen LogP) is 6.11. The molecule has 4 heterocycles. The summed E-state index contributed by atoms with van der Waals surface area (Å²) in [5, 5.41) is 10.3. The van der Waals surface area contributed by atoms with Crippen molar-refractivity contribution in [3.63, 3.8) is 0 Å². The molecule has 13 heteroatoms. The van der Waals surface area contributed by atoms with Crippen molar-refractivity contribution in [2.24, 2.45) is 5.41 Å². The molecule has 3 aliphatic heterocycles. The van der Waals surface area contributed by atoms with Crippen LogP contribution in [-0.4, -0.2) is 48.5 Å². The zero-order chi connectivity index (χ0) is 39.0. The Bertz CT molecular complexity index is 2310. The summed E-state index contributed by atoms with van der Waals surface area (Å²) in [4.78, 5) is 53.8. The van der Waals surface area contributed by atoms with Gasteiger partial charge in [0, 0.05) is 31.5 Å². The molecular formula is C42H43N3O9S. The smallest absolute Gasteiger partial charge is 0.352 e. The average Bonchev–Trinajstić information content (AvgIpc) is 3.56. The van der Waals surface area contributed by atoms with Crippen LogP contribution >= 0.6 is 0 Å². The predicted molar refractivity (Wildman–Crippen MR) is 200 cm³/mol. The van der Waals surface area contributed by atoms with Gasteiger partial charge in [-0.2, -0.15) is 9.57 Å². The standard InChI is InChI=1S/C42H43N3O9S/c1-4-41(5-2)26-42(54-52-27-41)20-21-44-36(42)23-33(34(24-43)38(44)46)37(40(48)51-6-3)53-39(47)35-22-30-14-10-11-15-31(30)25-45(35)55(49,50)32-18-16-29(17-19-32)28-12-8-7-9-13-28/h7-19,23,35,37H,4-6,20-22,25-27H2,1-3H3/t35-,37?,42?/m1/s1. The summed E-state index contributed by atoms with van der Waals surface area (Å²) in [5.74, 6) is -2.05. The van der Waals surface area contributed by atoms with Gasteiger partial charge in [0.15, 0.2) is 0 Å². The molecule has 1 fully saturated rings. The average molecular weight is 766 g/mol. The maximum Gasteiger partial charge on any atom is 0.352 e. The quantitative estimate of drug-likeness (QED) is 0.137. The van der Waals surface area contributed by atoms with Crippen LogP contribution in [0.25, 0.3) is 11.1 Å². The molecule has 0 saturated carbocycles. The van der Waals surface area contributed by atoms with Crippen LogP contribution in [0.5, 0.6) is 0 Å². The number of hydrogen-bond donors (Lipinski definition) is 0. The number of nitriles is 1. The second-order valence-electron chi connectivity index (χ2n) is 14.4. The van der Waals surface area contributed by atoms with Gasteiger partial charge in [-0.1, -0.05) is 80.6 Å². The summed E-state index contributed by atoms with van der Waals surface area (Å²) in [6, 6.07) is 25.2. The van der Waals surface area contributed by atoms with Crippen molar-refractivity contribution in [1.29, 1.82) is 5.26 Å². The molecule has 0 aliphatic carbocycles. The Morgan fingerprint density at radius 2 is 1.64 bits per heavy atom. The first-order chi connectivity index (χ1) is 26.5. The van der Waals surface area contributed by atoms with Gasteiger partial charge >= 0.3 is 11.9 Å². The molecule has 3 aliphatic rings. The van der Waals surface area contributed by atoms with E-state index in [0.717, 1.165) is 33.8 Å². The Hall–Kier alpha value is -5.13. The van der Waals surface area contributed by atoms with Gasteiger partial charge in [-0.05, 0) is 72.1 Å². The number of esters is 2. The van der Waals surface area contributed by atoms with Gasteiger partial charge in [0.05, 0.1) is 23.8 Å². The Morgan fingerprint density at radius 1 is 0.964 bits per heavy atom. The van der Waals surface area contributed by atoms with Crippen LogP contribution in [0.2, 0.25) is 0 Å². The highest BCUT2D eigenvalue weighted by atomic mass is 32.2. The van der Waals surface area contributed by atoms with Crippen LogP contribution in [0.4, 0.5) is 0 Å². The summed E-state index contributed by atoms with van der Waals surface area (Å²) in [6.45, 7) is 6.11. The lowest BCUT2D eigenvalue weighted by Crippen LogP contribution is -2.49. The SMILES string of the molecule is CCOC(=O)C(OC(=O)[C@H]1Cc2ccccc2CN1S(=O)(=O)c1ccc(-c2ccccc2)cc1)c1cc2n(c(=O)c1C#N)CCC21CC(CC)(CC)COO1. The molecule has 4 aromatic rings. The van der Waals surface area contributed by atoms with E-state index in [2.05, 4.69) is 13.8 Å². The molecule has 0 amide bonds. The number of hydrogen-bond acceptors (Lipinski definition) is 10. The molecule has 7 rings (SSSR count). The van der Waals surface area contributed by atoms with Crippen LogP contribution in [0.15, 0.2) is 94.6 Å². The second-order valence-corrected chi connectivity index (χ2v) is 16.3. The molecular weight excluding hydrogens is 723 g/mol. The fourth-order valence-corrected chi connectivity index (χ4v) is 9.67. The van der Waals surface area contributed by atoms with Crippen molar-refractivity contribution in [1.82, 2.24) is 8.87 Å². The van der Waals surface area contributed by atoms with E-state index in [1.54, 1.807) is 37.3 Å². The zero-order valence-corrected chi connectivity index (χ0v) is 31.8. The Morgan fingerprint density at radius 3 is 2.31 bits per heavy atom. The number of nitrogens with zero attached hydrogens (tertiary/aromatic N) is 3. The van der Waals surface area contributed by atoms with Gasteiger partial charge in [0.2, 0.25) is 16.1 Å². The molecule has 3 aromatic carbocycles.